The largest absolute Gasteiger partial charge is 0.354 e. The molecule has 7 heteroatoms. The maximum absolute atomic E-state index is 13.1. The number of hydrogen-bond acceptors (Lipinski definition) is 4. The quantitative estimate of drug-likeness (QED) is 0.717. The minimum absolute atomic E-state index is 0.0515. The number of nitrogens with two attached hydrogens (primary N) is 1. The molecule has 0 radical (unpaired) electrons. The van der Waals surface area contributed by atoms with Gasteiger partial charge in [-0.3, -0.25) is 14.4 Å². The van der Waals surface area contributed by atoms with Crippen LogP contribution in [0.2, 0.25) is 0 Å². The summed E-state index contributed by atoms with van der Waals surface area (Å²) in [5.74, 6) is 0.475. The highest BCUT2D eigenvalue weighted by Crippen LogP contribution is 2.33. The molecule has 7 nitrogen and oxygen atoms in total. The summed E-state index contributed by atoms with van der Waals surface area (Å²) in [6.07, 6.45) is 7.11. The molecule has 2 aliphatic heterocycles. The van der Waals surface area contributed by atoms with Crippen molar-refractivity contribution < 1.29 is 14.4 Å². The molecule has 1 aliphatic carbocycles. The van der Waals surface area contributed by atoms with Gasteiger partial charge in [-0.1, -0.05) is 0 Å². The number of rotatable bonds is 6. The molecule has 3 amide bonds. The third kappa shape index (κ3) is 4.75. The zero-order valence-electron chi connectivity index (χ0n) is 15.6. The predicted octanol–water partition coefficient (Wildman–Crippen LogP) is 0.481. The first-order valence-electron chi connectivity index (χ1n) is 10.2. The van der Waals surface area contributed by atoms with E-state index in [1.807, 2.05) is 9.80 Å². The minimum Gasteiger partial charge on any atom is -0.354 e. The summed E-state index contributed by atoms with van der Waals surface area (Å²) in [5.41, 5.74) is 5.42. The Hall–Kier alpha value is -1.63. The van der Waals surface area contributed by atoms with Gasteiger partial charge in [-0.25, -0.2) is 0 Å². The Bertz CT molecular complexity index is 535. The second-order valence-corrected chi connectivity index (χ2v) is 7.92. The first kappa shape index (κ1) is 19.1. The van der Waals surface area contributed by atoms with Gasteiger partial charge in [0.25, 0.3) is 0 Å². The van der Waals surface area contributed by atoms with E-state index in [1.165, 1.54) is 0 Å². The van der Waals surface area contributed by atoms with E-state index in [0.717, 1.165) is 58.0 Å². The third-order valence-corrected chi connectivity index (χ3v) is 5.83. The Kier molecular flexibility index (Phi) is 6.51. The van der Waals surface area contributed by atoms with Crippen molar-refractivity contribution >= 4 is 17.7 Å². The fraction of sp³-hybridized carbons (Fsp3) is 0.842. The van der Waals surface area contributed by atoms with Crippen molar-refractivity contribution in [2.75, 3.05) is 32.7 Å². The number of piperidine rings is 2. The fourth-order valence-electron chi connectivity index (χ4n) is 4.16. The SMILES string of the molecule is NCCC(=O)NCC1CCCCN1C(=O)C1CCCN(C(=O)C2CC2)C1. The molecule has 26 heavy (non-hydrogen) atoms. The van der Waals surface area contributed by atoms with Crippen molar-refractivity contribution in [2.45, 2.75) is 57.4 Å². The molecule has 0 aromatic rings. The van der Waals surface area contributed by atoms with Crippen LogP contribution in [0.25, 0.3) is 0 Å². The van der Waals surface area contributed by atoms with Crippen LogP contribution in [0, 0.1) is 11.8 Å². The lowest BCUT2D eigenvalue weighted by atomic mass is 9.93. The average Bonchev–Trinajstić information content (AvgIpc) is 3.51. The van der Waals surface area contributed by atoms with Gasteiger partial charge in [-0.2, -0.15) is 0 Å². The van der Waals surface area contributed by atoms with Gasteiger partial charge in [-0.15, -0.1) is 0 Å². The van der Waals surface area contributed by atoms with E-state index in [1.54, 1.807) is 0 Å². The molecule has 0 bridgehead atoms. The minimum atomic E-state index is -0.0909. The molecule has 0 spiro atoms. The van der Waals surface area contributed by atoms with E-state index in [-0.39, 0.29) is 35.6 Å². The van der Waals surface area contributed by atoms with E-state index in [4.69, 9.17) is 5.73 Å². The smallest absolute Gasteiger partial charge is 0.227 e. The molecule has 3 N–H and O–H groups in total. The number of nitrogens with zero attached hydrogens (tertiary/aromatic N) is 2. The highest BCUT2D eigenvalue weighted by molar-refractivity contribution is 5.84. The average molecular weight is 364 g/mol. The lowest BCUT2D eigenvalue weighted by Gasteiger charge is -2.40. The molecule has 146 valence electrons. The first-order chi connectivity index (χ1) is 12.6. The van der Waals surface area contributed by atoms with Crippen LogP contribution in [-0.4, -0.2) is 66.3 Å². The van der Waals surface area contributed by atoms with Crippen LogP contribution in [0.3, 0.4) is 0 Å². The van der Waals surface area contributed by atoms with Gasteiger partial charge in [0.15, 0.2) is 0 Å². The zero-order valence-corrected chi connectivity index (χ0v) is 15.6. The molecule has 0 aromatic carbocycles. The van der Waals surface area contributed by atoms with E-state index >= 15 is 0 Å². The van der Waals surface area contributed by atoms with Crippen molar-refractivity contribution in [2.24, 2.45) is 17.6 Å². The number of hydrogen-bond donors (Lipinski definition) is 2. The van der Waals surface area contributed by atoms with Gasteiger partial charge in [0, 0.05) is 51.1 Å². The van der Waals surface area contributed by atoms with Gasteiger partial charge in [0.05, 0.1) is 5.92 Å². The zero-order chi connectivity index (χ0) is 18.5. The molecule has 3 aliphatic rings. The van der Waals surface area contributed by atoms with Crippen LogP contribution in [0.5, 0.6) is 0 Å². The van der Waals surface area contributed by atoms with Crippen molar-refractivity contribution in [3.05, 3.63) is 0 Å². The Labute approximate surface area is 155 Å². The highest BCUT2D eigenvalue weighted by atomic mass is 16.2. The Morgan fingerprint density at radius 3 is 2.46 bits per heavy atom. The fourth-order valence-corrected chi connectivity index (χ4v) is 4.16. The van der Waals surface area contributed by atoms with Gasteiger partial charge < -0.3 is 20.9 Å². The summed E-state index contributed by atoms with van der Waals surface area (Å²) in [6.45, 7) is 2.95. The van der Waals surface area contributed by atoms with E-state index in [0.29, 0.717) is 26.1 Å². The number of nitrogens with one attached hydrogen (secondary N) is 1. The van der Waals surface area contributed by atoms with Crippen LogP contribution in [0.1, 0.15) is 51.4 Å². The van der Waals surface area contributed by atoms with Crippen LogP contribution in [0.15, 0.2) is 0 Å². The normalized spacial score (nSPS) is 26.5. The molecule has 2 unspecified atom stereocenters. The number of likely N-dealkylation sites (tertiary alicyclic amines) is 2. The standard InChI is InChI=1S/C19H32N4O3/c20-9-8-17(24)21-12-16-5-1-2-11-23(16)19(26)15-4-3-10-22(13-15)18(25)14-6-7-14/h14-16H,1-13,20H2,(H,21,24). The first-order valence-corrected chi connectivity index (χ1v) is 10.2. The third-order valence-electron chi connectivity index (χ3n) is 5.83. The van der Waals surface area contributed by atoms with Crippen LogP contribution >= 0.6 is 0 Å². The Morgan fingerprint density at radius 2 is 1.73 bits per heavy atom. The van der Waals surface area contributed by atoms with Gasteiger partial charge >= 0.3 is 0 Å². The van der Waals surface area contributed by atoms with Gasteiger partial charge in [-0.05, 0) is 44.9 Å². The summed E-state index contributed by atoms with van der Waals surface area (Å²) in [4.78, 5) is 41.1. The molecule has 2 atom stereocenters. The second kappa shape index (κ2) is 8.84. The van der Waals surface area contributed by atoms with E-state index in [2.05, 4.69) is 5.32 Å². The number of carbonyl (C=O) groups is 3. The summed E-state index contributed by atoms with van der Waals surface area (Å²) < 4.78 is 0. The van der Waals surface area contributed by atoms with Gasteiger partial charge in [0.2, 0.25) is 17.7 Å². The number of amides is 3. The Balaban J connectivity index is 1.56. The number of carbonyl (C=O) groups excluding carboxylic acids is 3. The van der Waals surface area contributed by atoms with E-state index in [9.17, 15) is 14.4 Å². The summed E-state index contributed by atoms with van der Waals surface area (Å²) in [7, 11) is 0. The predicted molar refractivity (Wildman–Crippen MR) is 98.1 cm³/mol. The Morgan fingerprint density at radius 1 is 0.923 bits per heavy atom. The molecule has 0 aromatic heterocycles. The highest BCUT2D eigenvalue weighted by Gasteiger charge is 2.39. The molecule has 1 saturated carbocycles. The molecular weight excluding hydrogens is 332 g/mol. The lowest BCUT2D eigenvalue weighted by molar-refractivity contribution is -0.144. The topological polar surface area (TPSA) is 95.7 Å². The summed E-state index contributed by atoms with van der Waals surface area (Å²) in [6, 6.07) is 0.0625. The van der Waals surface area contributed by atoms with Crippen LogP contribution in [-0.2, 0) is 14.4 Å². The lowest BCUT2D eigenvalue weighted by Crippen LogP contribution is -2.54. The maximum Gasteiger partial charge on any atom is 0.227 e. The summed E-state index contributed by atoms with van der Waals surface area (Å²) >= 11 is 0. The van der Waals surface area contributed by atoms with Crippen molar-refractivity contribution in [3.8, 4) is 0 Å². The maximum atomic E-state index is 13.1. The molecule has 2 heterocycles. The van der Waals surface area contributed by atoms with Crippen molar-refractivity contribution in [3.63, 3.8) is 0 Å². The molecular formula is C19H32N4O3. The molecule has 3 rings (SSSR count). The van der Waals surface area contributed by atoms with Crippen molar-refractivity contribution in [1.29, 1.82) is 0 Å². The second-order valence-electron chi connectivity index (χ2n) is 7.92. The van der Waals surface area contributed by atoms with E-state index < -0.39 is 0 Å². The molecule has 3 fully saturated rings. The van der Waals surface area contributed by atoms with Crippen LogP contribution < -0.4 is 11.1 Å². The van der Waals surface area contributed by atoms with Crippen LogP contribution in [0.4, 0.5) is 0 Å². The molecule has 2 saturated heterocycles. The summed E-state index contributed by atoms with van der Waals surface area (Å²) in [5, 5.41) is 2.91. The monoisotopic (exact) mass is 364 g/mol. The van der Waals surface area contributed by atoms with Gasteiger partial charge in [0.1, 0.15) is 0 Å². The van der Waals surface area contributed by atoms with Crippen molar-refractivity contribution in [1.82, 2.24) is 15.1 Å².